The number of hydrogen-bond acceptors (Lipinski definition) is 13. The SMILES string of the molecule is Nc1nc2c(ncn2[C@@H]2O[C@H](COP(=O)(O)OP(=O)(O)OCCCCC(=O)NCc3cccc4ccccc34)[C@@H](O)[C@H]2O)c(=O)[nH]1. The zero-order chi connectivity index (χ0) is 33.1. The van der Waals surface area contributed by atoms with Crippen molar-refractivity contribution in [1.82, 2.24) is 24.8 Å². The highest BCUT2D eigenvalue weighted by molar-refractivity contribution is 7.61. The van der Waals surface area contributed by atoms with Crippen LogP contribution in [0.4, 0.5) is 5.95 Å². The highest BCUT2D eigenvalue weighted by atomic mass is 31.3. The van der Waals surface area contributed by atoms with E-state index in [9.17, 15) is 38.7 Å². The number of aliphatic hydroxyl groups excluding tert-OH is 2. The van der Waals surface area contributed by atoms with Crippen LogP contribution < -0.4 is 16.6 Å². The molecule has 1 amide bonds. The number of benzene rings is 2. The average molecular weight is 683 g/mol. The van der Waals surface area contributed by atoms with Crippen LogP contribution in [0.2, 0.25) is 0 Å². The van der Waals surface area contributed by atoms with Crippen LogP contribution in [0.3, 0.4) is 0 Å². The molecule has 20 heteroatoms. The van der Waals surface area contributed by atoms with E-state index in [1.54, 1.807) is 0 Å². The number of anilines is 1. The van der Waals surface area contributed by atoms with Crippen LogP contribution in [0.15, 0.2) is 53.6 Å². The minimum absolute atomic E-state index is 0.0601. The van der Waals surface area contributed by atoms with Gasteiger partial charge in [-0.3, -0.25) is 28.2 Å². The summed E-state index contributed by atoms with van der Waals surface area (Å²) < 4.78 is 45.0. The monoisotopic (exact) mass is 682 g/mol. The fourth-order valence-corrected chi connectivity index (χ4v) is 6.98. The number of imidazole rings is 1. The molecule has 46 heavy (non-hydrogen) atoms. The number of ether oxygens (including phenoxy) is 1. The maximum Gasteiger partial charge on any atom is 0.481 e. The third kappa shape index (κ3) is 8.05. The molecule has 2 aromatic carbocycles. The Morgan fingerprint density at radius 1 is 1.07 bits per heavy atom. The van der Waals surface area contributed by atoms with Gasteiger partial charge in [0.1, 0.15) is 18.3 Å². The molecule has 0 saturated carbocycles. The lowest BCUT2D eigenvalue weighted by Crippen LogP contribution is -2.33. The lowest BCUT2D eigenvalue weighted by atomic mass is 10.0. The van der Waals surface area contributed by atoms with Crippen molar-refractivity contribution in [3.05, 3.63) is 64.7 Å². The normalized spacial score (nSPS) is 22.5. The number of phosphoric acid groups is 2. The highest BCUT2D eigenvalue weighted by Gasteiger charge is 2.46. The molecule has 0 spiro atoms. The minimum Gasteiger partial charge on any atom is -0.387 e. The van der Waals surface area contributed by atoms with Gasteiger partial charge in [-0.05, 0) is 29.2 Å². The number of nitrogens with zero attached hydrogens (tertiary/aromatic N) is 3. The second kappa shape index (κ2) is 14.1. The van der Waals surface area contributed by atoms with Gasteiger partial charge in [0, 0.05) is 13.0 Å². The van der Waals surface area contributed by atoms with Crippen LogP contribution in [0.25, 0.3) is 21.9 Å². The summed E-state index contributed by atoms with van der Waals surface area (Å²) in [6.45, 7) is -0.902. The van der Waals surface area contributed by atoms with Gasteiger partial charge in [-0.25, -0.2) is 14.1 Å². The number of carbonyl (C=O) groups is 1. The van der Waals surface area contributed by atoms with Crippen molar-refractivity contribution in [2.24, 2.45) is 0 Å². The lowest BCUT2D eigenvalue weighted by Gasteiger charge is -2.19. The molecule has 0 bridgehead atoms. The van der Waals surface area contributed by atoms with Crippen LogP contribution in [0.1, 0.15) is 31.1 Å². The van der Waals surface area contributed by atoms with Crippen molar-refractivity contribution in [3.8, 4) is 0 Å². The third-order valence-electron chi connectivity index (χ3n) is 7.08. The molecule has 248 valence electrons. The number of nitrogens with two attached hydrogens (primary N) is 1. The van der Waals surface area contributed by atoms with Crippen LogP contribution in [0, 0.1) is 0 Å². The van der Waals surface area contributed by atoms with Gasteiger partial charge in [0.2, 0.25) is 11.9 Å². The van der Waals surface area contributed by atoms with E-state index >= 15 is 0 Å². The van der Waals surface area contributed by atoms with Crippen molar-refractivity contribution in [2.75, 3.05) is 18.9 Å². The largest absolute Gasteiger partial charge is 0.481 e. The Balaban J connectivity index is 1.04. The summed E-state index contributed by atoms with van der Waals surface area (Å²) in [7, 11) is -10.3. The van der Waals surface area contributed by atoms with Gasteiger partial charge < -0.3 is 35.8 Å². The van der Waals surface area contributed by atoms with E-state index in [1.165, 1.54) is 0 Å². The van der Waals surface area contributed by atoms with Crippen LogP contribution in [-0.4, -0.2) is 77.0 Å². The number of phosphoric ester groups is 2. The second-order valence-corrected chi connectivity index (χ2v) is 13.4. The number of aromatic nitrogens is 4. The number of aliphatic hydroxyl groups is 2. The van der Waals surface area contributed by atoms with Crippen molar-refractivity contribution < 1.29 is 52.0 Å². The quantitative estimate of drug-likeness (QED) is 0.0727. The molecule has 1 fully saturated rings. The number of nitrogen functional groups attached to an aromatic ring is 1. The van der Waals surface area contributed by atoms with Gasteiger partial charge in [-0.15, -0.1) is 0 Å². The van der Waals surface area contributed by atoms with Gasteiger partial charge in [-0.1, -0.05) is 42.5 Å². The highest BCUT2D eigenvalue weighted by Crippen LogP contribution is 2.60. The standard InChI is InChI=1S/C26H32N6O12P2/c27-26-30-23-20(24(36)31-26)29-14-32(23)25-22(35)21(34)18(43-25)13-42-46(39,40)44-45(37,38)41-11-4-3-10-19(33)28-12-16-8-5-7-15-6-1-2-9-17(15)16/h1-2,5-9,14,18,21-22,25,34-35H,3-4,10-13H2,(H,28,33)(H,37,38)(H,39,40)(H3,27,30,31,36)/t18-,21-,22-,25-/m1/s1. The van der Waals surface area contributed by atoms with Crippen molar-refractivity contribution in [2.45, 2.75) is 50.3 Å². The van der Waals surface area contributed by atoms with Crippen LogP contribution >= 0.6 is 15.6 Å². The molecule has 0 radical (unpaired) electrons. The Morgan fingerprint density at radius 3 is 2.61 bits per heavy atom. The zero-order valence-electron chi connectivity index (χ0n) is 24.0. The maximum absolute atomic E-state index is 12.4. The fourth-order valence-electron chi connectivity index (χ4n) is 4.87. The van der Waals surface area contributed by atoms with E-state index in [1.807, 2.05) is 42.5 Å². The first-order valence-electron chi connectivity index (χ1n) is 14.0. The summed E-state index contributed by atoms with van der Waals surface area (Å²) in [5.74, 6) is -0.469. The Hall–Kier alpha value is -3.54. The third-order valence-corrected chi connectivity index (χ3v) is 9.71. The number of rotatable bonds is 14. The lowest BCUT2D eigenvalue weighted by molar-refractivity contribution is -0.121. The Kier molecular flexibility index (Phi) is 10.3. The Bertz CT molecular complexity index is 1860. The predicted molar refractivity (Wildman–Crippen MR) is 161 cm³/mol. The number of amides is 1. The number of fused-ring (bicyclic) bond motifs is 2. The number of nitrogens with one attached hydrogen (secondary N) is 2. The Labute approximate surface area is 260 Å². The number of aromatic amines is 1. The topological polar surface area (TPSA) is 271 Å². The van der Waals surface area contributed by atoms with Crippen molar-refractivity contribution in [1.29, 1.82) is 0 Å². The first kappa shape index (κ1) is 33.8. The number of hydrogen-bond donors (Lipinski definition) is 7. The average Bonchev–Trinajstić information content (AvgIpc) is 3.54. The molecule has 1 saturated heterocycles. The molecule has 1 aliphatic heterocycles. The minimum atomic E-state index is -5.24. The van der Waals surface area contributed by atoms with Gasteiger partial charge in [0.25, 0.3) is 5.56 Å². The van der Waals surface area contributed by atoms with E-state index in [-0.39, 0.29) is 48.9 Å². The van der Waals surface area contributed by atoms with Gasteiger partial charge in [0.05, 0.1) is 19.5 Å². The smallest absolute Gasteiger partial charge is 0.387 e. The second-order valence-electron chi connectivity index (χ2n) is 10.3. The van der Waals surface area contributed by atoms with E-state index in [4.69, 9.17) is 19.5 Å². The van der Waals surface area contributed by atoms with Crippen molar-refractivity contribution in [3.63, 3.8) is 0 Å². The van der Waals surface area contributed by atoms with Crippen LogP contribution in [0.5, 0.6) is 0 Å². The summed E-state index contributed by atoms with van der Waals surface area (Å²) in [6.07, 6.45) is -4.39. The molecule has 1 aliphatic rings. The van der Waals surface area contributed by atoms with E-state index in [0.717, 1.165) is 27.2 Å². The number of carbonyl (C=O) groups excluding carboxylic acids is 1. The summed E-state index contributed by atoms with van der Waals surface area (Å²) in [6, 6.07) is 13.6. The Morgan fingerprint density at radius 2 is 1.80 bits per heavy atom. The van der Waals surface area contributed by atoms with E-state index in [2.05, 4.69) is 24.6 Å². The molecule has 0 aliphatic carbocycles. The fraction of sp³-hybridized carbons (Fsp3) is 0.385. The summed E-state index contributed by atoms with van der Waals surface area (Å²) >= 11 is 0. The predicted octanol–water partition coefficient (Wildman–Crippen LogP) is 1.21. The molecule has 4 aromatic rings. The van der Waals surface area contributed by atoms with E-state index < -0.39 is 52.4 Å². The molecular formula is C26H32N6O12P2. The summed E-state index contributed by atoms with van der Waals surface area (Å²) in [5, 5.41) is 25.8. The summed E-state index contributed by atoms with van der Waals surface area (Å²) in [5.41, 5.74) is 5.69. The van der Waals surface area contributed by atoms with Gasteiger partial charge in [0.15, 0.2) is 17.4 Å². The molecule has 6 atom stereocenters. The molecular weight excluding hydrogens is 650 g/mol. The molecule has 2 aromatic heterocycles. The molecule has 2 unspecified atom stereocenters. The first-order valence-corrected chi connectivity index (χ1v) is 17.0. The molecule has 5 rings (SSSR count). The zero-order valence-corrected chi connectivity index (χ0v) is 25.8. The van der Waals surface area contributed by atoms with Gasteiger partial charge in [-0.2, -0.15) is 9.29 Å². The summed E-state index contributed by atoms with van der Waals surface area (Å²) in [4.78, 5) is 54.3. The first-order chi connectivity index (χ1) is 21.8. The maximum atomic E-state index is 12.4. The number of unbranched alkanes of at least 4 members (excludes halogenated alkanes) is 1. The molecule has 18 nitrogen and oxygen atoms in total. The van der Waals surface area contributed by atoms with Crippen LogP contribution in [-0.2, 0) is 38.6 Å². The van der Waals surface area contributed by atoms with Gasteiger partial charge >= 0.3 is 15.6 Å². The van der Waals surface area contributed by atoms with Crippen molar-refractivity contribution >= 4 is 49.4 Å². The molecule has 8 N–H and O–H groups in total. The number of H-pyrrole nitrogens is 1. The van der Waals surface area contributed by atoms with E-state index in [0.29, 0.717) is 6.54 Å². The molecule has 3 heterocycles.